The largest absolute Gasteiger partial charge is 0.464 e. The van der Waals surface area contributed by atoms with Gasteiger partial charge in [-0.3, -0.25) is 10.2 Å². The van der Waals surface area contributed by atoms with Crippen LogP contribution in [0.5, 0.6) is 0 Å². The maximum atomic E-state index is 12.1. The highest BCUT2D eigenvalue weighted by atomic mass is 16.5. The maximum Gasteiger partial charge on any atom is 0.332 e. The van der Waals surface area contributed by atoms with Crippen LogP contribution in [-0.2, 0) is 27.2 Å². The first-order chi connectivity index (χ1) is 13.1. The average Bonchev–Trinajstić information content (AvgIpc) is 3.29. The van der Waals surface area contributed by atoms with E-state index in [1.807, 2.05) is 12.1 Å². The fourth-order valence-electron chi connectivity index (χ4n) is 2.87. The molecule has 0 fully saturated rings. The Bertz CT molecular complexity index is 810. The summed E-state index contributed by atoms with van der Waals surface area (Å²) in [5.74, 6) is -1.42. The number of hydrogen-bond donors (Lipinski definition) is 3. The first-order valence-electron chi connectivity index (χ1n) is 8.57. The van der Waals surface area contributed by atoms with Crippen LogP contribution >= 0.6 is 0 Å². The highest BCUT2D eigenvalue weighted by Crippen LogP contribution is 2.24. The van der Waals surface area contributed by atoms with Crippen molar-refractivity contribution in [2.45, 2.75) is 31.8 Å². The van der Waals surface area contributed by atoms with Crippen molar-refractivity contribution in [1.29, 1.82) is 0 Å². The number of fused-ring (bicyclic) bond motifs is 1. The van der Waals surface area contributed by atoms with Gasteiger partial charge in [0.1, 0.15) is 12.5 Å². The van der Waals surface area contributed by atoms with E-state index in [0.717, 1.165) is 12.8 Å². The molecular weight excluding hydrogens is 352 g/mol. The van der Waals surface area contributed by atoms with Crippen LogP contribution in [0.3, 0.4) is 0 Å². The highest BCUT2D eigenvalue weighted by molar-refractivity contribution is 5.94. The van der Waals surface area contributed by atoms with Crippen molar-refractivity contribution in [2.75, 3.05) is 11.9 Å². The second-order valence-electron chi connectivity index (χ2n) is 6.02. The van der Waals surface area contributed by atoms with Gasteiger partial charge in [-0.2, -0.15) is 4.98 Å². The van der Waals surface area contributed by atoms with Gasteiger partial charge >= 0.3 is 5.97 Å². The summed E-state index contributed by atoms with van der Waals surface area (Å²) in [7, 11) is 0. The summed E-state index contributed by atoms with van der Waals surface area (Å²) >= 11 is 0. The van der Waals surface area contributed by atoms with E-state index in [1.165, 1.54) is 17.4 Å². The average molecular weight is 372 g/mol. The molecule has 1 aromatic heterocycles. The minimum absolute atomic E-state index is 0.00835. The lowest BCUT2D eigenvalue weighted by atomic mass is 10.1. The smallest absolute Gasteiger partial charge is 0.332 e. The third-order valence-electron chi connectivity index (χ3n) is 4.13. The molecule has 9 heteroatoms. The van der Waals surface area contributed by atoms with Gasteiger partial charge in [-0.25, -0.2) is 10.2 Å². The summed E-state index contributed by atoms with van der Waals surface area (Å²) in [6.45, 7) is 1.74. The molecule has 0 aliphatic heterocycles. The van der Waals surface area contributed by atoms with Crippen LogP contribution in [0.15, 0.2) is 34.9 Å². The van der Waals surface area contributed by atoms with Crippen molar-refractivity contribution in [3.63, 3.8) is 0 Å². The van der Waals surface area contributed by atoms with Crippen LogP contribution in [0.25, 0.3) is 0 Å². The van der Waals surface area contributed by atoms with Gasteiger partial charge in [-0.15, -0.1) is 0 Å². The number of esters is 1. The van der Waals surface area contributed by atoms with Crippen molar-refractivity contribution in [1.82, 2.24) is 15.8 Å². The number of anilines is 1. The van der Waals surface area contributed by atoms with E-state index >= 15 is 0 Å². The lowest BCUT2D eigenvalue weighted by Crippen LogP contribution is -2.49. The zero-order valence-corrected chi connectivity index (χ0v) is 14.7. The second kappa shape index (κ2) is 8.45. The van der Waals surface area contributed by atoms with Crippen molar-refractivity contribution in [2.24, 2.45) is 0 Å². The van der Waals surface area contributed by atoms with Crippen molar-refractivity contribution in [3.8, 4) is 0 Å². The Kier molecular flexibility index (Phi) is 5.82. The summed E-state index contributed by atoms with van der Waals surface area (Å²) in [6.07, 6.45) is 3.23. The van der Waals surface area contributed by atoms with Crippen molar-refractivity contribution >= 4 is 24.2 Å². The first kappa shape index (κ1) is 18.6. The van der Waals surface area contributed by atoms with Gasteiger partial charge < -0.3 is 19.3 Å². The number of ether oxygens (including phenoxy) is 1. The van der Waals surface area contributed by atoms with Crippen molar-refractivity contribution in [3.05, 3.63) is 47.3 Å². The van der Waals surface area contributed by atoms with E-state index < -0.39 is 17.9 Å². The number of carbonyl (C=O) groups is 3. The number of nitrogens with one attached hydrogen (secondary N) is 3. The predicted molar refractivity (Wildman–Crippen MR) is 94.9 cm³/mol. The number of aldehydes is 1. The molecule has 1 aromatic carbocycles. The van der Waals surface area contributed by atoms with Gasteiger partial charge in [0, 0.05) is 6.04 Å². The number of rotatable bonds is 8. The predicted octanol–water partition coefficient (Wildman–Crippen LogP) is 0.619. The summed E-state index contributed by atoms with van der Waals surface area (Å²) in [4.78, 5) is 38.6. The molecule has 0 radical (unpaired) electrons. The summed E-state index contributed by atoms with van der Waals surface area (Å²) in [5.41, 5.74) is 7.11. The molecule has 1 unspecified atom stereocenters. The van der Waals surface area contributed by atoms with Gasteiger partial charge in [-0.1, -0.05) is 24.3 Å². The fourth-order valence-corrected chi connectivity index (χ4v) is 2.87. The van der Waals surface area contributed by atoms with Crippen molar-refractivity contribution < 1.29 is 23.5 Å². The summed E-state index contributed by atoms with van der Waals surface area (Å²) < 4.78 is 10.0. The number of aromatic nitrogens is 1. The molecule has 1 amide bonds. The van der Waals surface area contributed by atoms with Crippen LogP contribution in [0.1, 0.15) is 28.5 Å². The van der Waals surface area contributed by atoms with E-state index in [2.05, 4.69) is 33.3 Å². The molecule has 9 nitrogen and oxygen atoms in total. The quantitative estimate of drug-likeness (QED) is 0.267. The van der Waals surface area contributed by atoms with E-state index in [1.54, 1.807) is 6.92 Å². The number of carbonyl (C=O) groups excluding carboxylic acids is 3. The molecule has 27 heavy (non-hydrogen) atoms. The number of oxazole rings is 1. The molecule has 0 saturated carbocycles. The Hall–Kier alpha value is -3.20. The number of amides is 1. The van der Waals surface area contributed by atoms with Crippen LogP contribution in [-0.4, -0.2) is 41.8 Å². The summed E-state index contributed by atoms with van der Waals surface area (Å²) in [6, 6.07) is 7.26. The van der Waals surface area contributed by atoms with Crippen LogP contribution < -0.4 is 16.2 Å². The third kappa shape index (κ3) is 4.50. The zero-order chi connectivity index (χ0) is 19.2. The minimum Gasteiger partial charge on any atom is -0.464 e. The molecule has 1 aliphatic rings. The first-order valence-corrected chi connectivity index (χ1v) is 8.57. The van der Waals surface area contributed by atoms with Gasteiger partial charge in [-0.05, 0) is 30.9 Å². The standard InChI is InChI=1S/C18H20N4O5/c1-2-26-17(25)14(9-23)21-22-16(24)15-10-27-18(20-15)19-13-7-11-5-3-4-6-12(11)8-13/h3-6,9-10,13-14,21H,2,7-8H2,1H3,(H,19,20)(H,22,24). The van der Waals surface area contributed by atoms with Gasteiger partial charge in [0.15, 0.2) is 11.7 Å². The lowest BCUT2D eigenvalue weighted by molar-refractivity contribution is -0.146. The number of nitrogens with zero attached hydrogens (tertiary/aromatic N) is 1. The number of hydrazine groups is 1. The molecule has 3 N–H and O–H groups in total. The lowest BCUT2D eigenvalue weighted by Gasteiger charge is -2.11. The highest BCUT2D eigenvalue weighted by Gasteiger charge is 2.23. The molecule has 0 saturated heterocycles. The van der Waals surface area contributed by atoms with Crippen LogP contribution in [0, 0.1) is 0 Å². The maximum absolute atomic E-state index is 12.1. The molecule has 142 valence electrons. The Morgan fingerprint density at radius 2 is 2.04 bits per heavy atom. The number of benzene rings is 1. The molecule has 0 bridgehead atoms. The SMILES string of the molecule is CCOC(=O)C(C=O)NNC(=O)c1coc(NC2Cc3ccccc3C2)n1. The molecule has 1 heterocycles. The Morgan fingerprint density at radius 3 is 2.67 bits per heavy atom. The topological polar surface area (TPSA) is 123 Å². The zero-order valence-electron chi connectivity index (χ0n) is 14.7. The molecule has 3 rings (SSSR count). The van der Waals surface area contributed by atoms with E-state index in [0.29, 0.717) is 6.29 Å². The number of hydrogen-bond acceptors (Lipinski definition) is 8. The minimum atomic E-state index is -1.30. The van der Waals surface area contributed by atoms with Gasteiger partial charge in [0.25, 0.3) is 11.9 Å². The van der Waals surface area contributed by atoms with Crippen LogP contribution in [0.2, 0.25) is 0 Å². The molecule has 1 atom stereocenters. The second-order valence-corrected chi connectivity index (χ2v) is 6.02. The van der Waals surface area contributed by atoms with Crippen LogP contribution in [0.4, 0.5) is 6.01 Å². The monoisotopic (exact) mass is 372 g/mol. The Balaban J connectivity index is 1.52. The van der Waals surface area contributed by atoms with E-state index in [-0.39, 0.29) is 24.4 Å². The Morgan fingerprint density at radius 1 is 1.33 bits per heavy atom. The van der Waals surface area contributed by atoms with E-state index in [4.69, 9.17) is 9.15 Å². The van der Waals surface area contributed by atoms with E-state index in [9.17, 15) is 14.4 Å². The molecule has 1 aliphatic carbocycles. The molecule has 0 spiro atoms. The Labute approximate surface area is 155 Å². The fraction of sp³-hybridized carbons (Fsp3) is 0.333. The van der Waals surface area contributed by atoms with Gasteiger partial charge in [0.2, 0.25) is 0 Å². The van der Waals surface area contributed by atoms with Gasteiger partial charge in [0.05, 0.1) is 6.61 Å². The normalized spacial score (nSPS) is 14.3. The summed E-state index contributed by atoms with van der Waals surface area (Å²) in [5, 5.41) is 3.17. The third-order valence-corrected chi connectivity index (χ3v) is 4.13. The molecule has 2 aromatic rings. The molecular formula is C18H20N4O5.